The minimum Gasteiger partial charge on any atom is -0.454 e. The predicted octanol–water partition coefficient (Wildman–Crippen LogP) is 1.36. The molecule has 1 aromatic rings. The fourth-order valence-electron chi connectivity index (χ4n) is 2.70. The number of benzene rings is 1. The average molecular weight is 306 g/mol. The van der Waals surface area contributed by atoms with Gasteiger partial charge in [0.1, 0.15) is 6.61 Å². The van der Waals surface area contributed by atoms with Crippen molar-refractivity contribution in [1.29, 1.82) is 0 Å². The van der Waals surface area contributed by atoms with Gasteiger partial charge in [-0.15, -0.1) is 0 Å². The summed E-state index contributed by atoms with van der Waals surface area (Å²) in [6.45, 7) is 4.23. The van der Waals surface area contributed by atoms with E-state index in [1.165, 1.54) is 0 Å². The SMILES string of the molecule is CC(NC(=O)COC1CCNCC1)c1ccc2c(c1)OCO2. The molecule has 0 spiro atoms. The lowest BCUT2D eigenvalue weighted by Gasteiger charge is -2.23. The molecular formula is C16H22N2O4. The zero-order valence-electron chi connectivity index (χ0n) is 12.8. The molecule has 0 aliphatic carbocycles. The zero-order valence-corrected chi connectivity index (χ0v) is 12.8. The van der Waals surface area contributed by atoms with Crippen molar-refractivity contribution in [2.24, 2.45) is 0 Å². The molecule has 120 valence electrons. The monoisotopic (exact) mass is 306 g/mol. The first-order valence-corrected chi connectivity index (χ1v) is 7.73. The highest BCUT2D eigenvalue weighted by molar-refractivity contribution is 5.77. The van der Waals surface area contributed by atoms with Gasteiger partial charge in [-0.3, -0.25) is 4.79 Å². The molecule has 2 aliphatic rings. The molecule has 6 nitrogen and oxygen atoms in total. The summed E-state index contributed by atoms with van der Waals surface area (Å²) in [4.78, 5) is 12.0. The maximum atomic E-state index is 12.0. The molecule has 0 aromatic heterocycles. The van der Waals surface area contributed by atoms with E-state index in [4.69, 9.17) is 14.2 Å². The van der Waals surface area contributed by atoms with E-state index in [1.54, 1.807) is 0 Å². The Balaban J connectivity index is 1.48. The highest BCUT2D eigenvalue weighted by Gasteiger charge is 2.18. The summed E-state index contributed by atoms with van der Waals surface area (Å²) < 4.78 is 16.3. The summed E-state index contributed by atoms with van der Waals surface area (Å²) in [6.07, 6.45) is 2.11. The third-order valence-corrected chi connectivity index (χ3v) is 4.01. The second-order valence-corrected chi connectivity index (χ2v) is 5.66. The molecule has 1 amide bonds. The quantitative estimate of drug-likeness (QED) is 0.860. The number of rotatable bonds is 5. The Labute approximate surface area is 130 Å². The van der Waals surface area contributed by atoms with Crippen LogP contribution in [0.2, 0.25) is 0 Å². The molecule has 22 heavy (non-hydrogen) atoms. The molecule has 0 saturated carbocycles. The topological polar surface area (TPSA) is 68.8 Å². The smallest absolute Gasteiger partial charge is 0.246 e. The van der Waals surface area contributed by atoms with Crippen LogP contribution in [0.3, 0.4) is 0 Å². The molecule has 1 aromatic carbocycles. The standard InChI is InChI=1S/C16H22N2O4/c1-11(12-2-3-14-15(8-12)22-10-21-14)18-16(19)9-20-13-4-6-17-7-5-13/h2-3,8,11,13,17H,4-7,9-10H2,1H3,(H,18,19). The number of nitrogens with one attached hydrogen (secondary N) is 2. The molecule has 1 atom stereocenters. The molecular weight excluding hydrogens is 284 g/mol. The van der Waals surface area contributed by atoms with Crippen molar-refractivity contribution in [1.82, 2.24) is 10.6 Å². The number of fused-ring (bicyclic) bond motifs is 1. The van der Waals surface area contributed by atoms with Gasteiger partial charge in [0.2, 0.25) is 12.7 Å². The van der Waals surface area contributed by atoms with E-state index in [-0.39, 0.29) is 31.5 Å². The summed E-state index contributed by atoms with van der Waals surface area (Å²) >= 11 is 0. The Morgan fingerprint density at radius 1 is 1.36 bits per heavy atom. The fraction of sp³-hybridized carbons (Fsp3) is 0.562. The van der Waals surface area contributed by atoms with Gasteiger partial charge >= 0.3 is 0 Å². The van der Waals surface area contributed by atoms with Crippen molar-refractivity contribution >= 4 is 5.91 Å². The van der Waals surface area contributed by atoms with Crippen LogP contribution in [0.1, 0.15) is 31.4 Å². The van der Waals surface area contributed by atoms with Crippen LogP contribution in [0.4, 0.5) is 0 Å². The molecule has 3 rings (SSSR count). The predicted molar refractivity (Wildman–Crippen MR) is 81.0 cm³/mol. The van der Waals surface area contributed by atoms with Crippen LogP contribution < -0.4 is 20.1 Å². The molecule has 0 radical (unpaired) electrons. The Kier molecular flexibility index (Phi) is 4.80. The fourth-order valence-corrected chi connectivity index (χ4v) is 2.70. The summed E-state index contributed by atoms with van der Waals surface area (Å²) in [5.41, 5.74) is 0.986. The lowest BCUT2D eigenvalue weighted by molar-refractivity contribution is -0.128. The second kappa shape index (κ2) is 6.98. The van der Waals surface area contributed by atoms with E-state index in [9.17, 15) is 4.79 Å². The number of piperidine rings is 1. The van der Waals surface area contributed by atoms with E-state index < -0.39 is 0 Å². The Hall–Kier alpha value is -1.79. The lowest BCUT2D eigenvalue weighted by atomic mass is 10.1. The summed E-state index contributed by atoms with van der Waals surface area (Å²) in [6, 6.07) is 5.61. The number of carbonyl (C=O) groups excluding carboxylic acids is 1. The lowest BCUT2D eigenvalue weighted by Crippen LogP contribution is -2.36. The number of hydrogen-bond donors (Lipinski definition) is 2. The number of carbonyl (C=O) groups is 1. The van der Waals surface area contributed by atoms with E-state index >= 15 is 0 Å². The first kappa shape index (κ1) is 15.1. The van der Waals surface area contributed by atoms with Crippen LogP contribution in [0.25, 0.3) is 0 Å². The number of amides is 1. The second-order valence-electron chi connectivity index (χ2n) is 5.66. The van der Waals surface area contributed by atoms with Crippen LogP contribution in [0, 0.1) is 0 Å². The average Bonchev–Trinajstić information content (AvgIpc) is 3.01. The zero-order chi connectivity index (χ0) is 15.4. The molecule has 1 fully saturated rings. The molecule has 2 N–H and O–H groups in total. The molecule has 6 heteroatoms. The van der Waals surface area contributed by atoms with Gasteiger partial charge in [-0.1, -0.05) is 6.07 Å². The van der Waals surface area contributed by atoms with Crippen LogP contribution >= 0.6 is 0 Å². The summed E-state index contributed by atoms with van der Waals surface area (Å²) in [5.74, 6) is 1.38. The number of ether oxygens (including phenoxy) is 3. The van der Waals surface area contributed by atoms with E-state index in [2.05, 4.69) is 10.6 Å². The highest BCUT2D eigenvalue weighted by Crippen LogP contribution is 2.34. The summed E-state index contributed by atoms with van der Waals surface area (Å²) in [7, 11) is 0. The van der Waals surface area contributed by atoms with E-state index in [0.29, 0.717) is 0 Å². The van der Waals surface area contributed by atoms with E-state index in [0.717, 1.165) is 43.0 Å². The Morgan fingerprint density at radius 2 is 2.14 bits per heavy atom. The van der Waals surface area contributed by atoms with Gasteiger partial charge in [0.25, 0.3) is 0 Å². The van der Waals surface area contributed by atoms with Gasteiger partial charge in [0.15, 0.2) is 11.5 Å². The maximum absolute atomic E-state index is 12.0. The van der Waals surface area contributed by atoms with Gasteiger partial charge in [-0.25, -0.2) is 0 Å². The Morgan fingerprint density at radius 3 is 2.95 bits per heavy atom. The van der Waals surface area contributed by atoms with Gasteiger partial charge in [0, 0.05) is 0 Å². The van der Waals surface area contributed by atoms with Crippen molar-refractivity contribution in [3.63, 3.8) is 0 Å². The molecule has 2 heterocycles. The largest absolute Gasteiger partial charge is 0.454 e. The van der Waals surface area contributed by atoms with Crippen LogP contribution in [-0.2, 0) is 9.53 Å². The first-order chi connectivity index (χ1) is 10.7. The Bertz CT molecular complexity index is 529. The van der Waals surface area contributed by atoms with Crippen molar-refractivity contribution in [3.05, 3.63) is 23.8 Å². The van der Waals surface area contributed by atoms with Gasteiger partial charge in [-0.2, -0.15) is 0 Å². The van der Waals surface area contributed by atoms with Crippen molar-refractivity contribution in [2.45, 2.75) is 31.9 Å². The minimum absolute atomic E-state index is 0.0938. The van der Waals surface area contributed by atoms with E-state index in [1.807, 2.05) is 25.1 Å². The van der Waals surface area contributed by atoms with Gasteiger partial charge in [-0.05, 0) is 50.6 Å². The van der Waals surface area contributed by atoms with Gasteiger partial charge in [0.05, 0.1) is 12.1 Å². The van der Waals surface area contributed by atoms with Crippen molar-refractivity contribution < 1.29 is 19.0 Å². The summed E-state index contributed by atoms with van der Waals surface area (Å²) in [5, 5.41) is 6.22. The van der Waals surface area contributed by atoms with Crippen molar-refractivity contribution in [3.8, 4) is 11.5 Å². The molecule has 1 saturated heterocycles. The van der Waals surface area contributed by atoms with Crippen LogP contribution in [0.5, 0.6) is 11.5 Å². The highest BCUT2D eigenvalue weighted by atomic mass is 16.7. The van der Waals surface area contributed by atoms with Crippen LogP contribution in [-0.4, -0.2) is 38.5 Å². The molecule has 2 aliphatic heterocycles. The van der Waals surface area contributed by atoms with Crippen molar-refractivity contribution in [2.75, 3.05) is 26.5 Å². The molecule has 0 bridgehead atoms. The maximum Gasteiger partial charge on any atom is 0.246 e. The molecule has 1 unspecified atom stereocenters. The minimum atomic E-state index is -0.0985. The number of hydrogen-bond acceptors (Lipinski definition) is 5. The third-order valence-electron chi connectivity index (χ3n) is 4.01. The van der Waals surface area contributed by atoms with Crippen LogP contribution in [0.15, 0.2) is 18.2 Å². The van der Waals surface area contributed by atoms with Gasteiger partial charge < -0.3 is 24.8 Å². The first-order valence-electron chi connectivity index (χ1n) is 7.73. The normalized spacial score (nSPS) is 19.0. The third kappa shape index (κ3) is 3.69.